The molecule has 1 aliphatic heterocycles. The van der Waals surface area contributed by atoms with Crippen molar-refractivity contribution in [3.05, 3.63) is 24.2 Å². The van der Waals surface area contributed by atoms with Gasteiger partial charge in [-0.2, -0.15) is 0 Å². The van der Waals surface area contributed by atoms with E-state index in [1.165, 1.54) is 38.5 Å². The van der Waals surface area contributed by atoms with Gasteiger partial charge in [-0.25, -0.2) is 0 Å². The summed E-state index contributed by atoms with van der Waals surface area (Å²) >= 11 is 0. The van der Waals surface area contributed by atoms with Crippen molar-refractivity contribution in [1.82, 2.24) is 5.32 Å². The van der Waals surface area contributed by atoms with Crippen LogP contribution in [0.25, 0.3) is 0 Å². The van der Waals surface area contributed by atoms with Gasteiger partial charge in [0.25, 0.3) is 0 Å². The summed E-state index contributed by atoms with van der Waals surface area (Å²) in [5.41, 5.74) is 0.203. The summed E-state index contributed by atoms with van der Waals surface area (Å²) in [4.78, 5) is 0. The molecule has 2 atom stereocenters. The van der Waals surface area contributed by atoms with Gasteiger partial charge in [-0.3, -0.25) is 0 Å². The number of nitrogens with one attached hydrogen (secondary N) is 1. The zero-order valence-electron chi connectivity index (χ0n) is 13.3. The van der Waals surface area contributed by atoms with E-state index in [2.05, 4.69) is 18.3 Å². The fourth-order valence-corrected chi connectivity index (χ4v) is 4.01. The number of rotatable bonds is 5. The van der Waals surface area contributed by atoms with Crippen LogP contribution >= 0.6 is 0 Å². The highest BCUT2D eigenvalue weighted by molar-refractivity contribution is 4.99. The molecule has 3 nitrogen and oxygen atoms in total. The van der Waals surface area contributed by atoms with Gasteiger partial charge in [0, 0.05) is 25.1 Å². The van der Waals surface area contributed by atoms with E-state index in [1.54, 1.807) is 6.26 Å². The Hall–Kier alpha value is -0.800. The van der Waals surface area contributed by atoms with Crippen LogP contribution < -0.4 is 5.32 Å². The molecule has 0 radical (unpaired) electrons. The average Bonchev–Trinajstić information content (AvgIpc) is 2.99. The summed E-state index contributed by atoms with van der Waals surface area (Å²) in [6.07, 6.45) is 12.9. The van der Waals surface area contributed by atoms with E-state index in [-0.39, 0.29) is 5.60 Å². The molecule has 1 spiro atoms. The molecule has 3 rings (SSSR count). The van der Waals surface area contributed by atoms with Crippen LogP contribution in [0, 0.1) is 0 Å². The van der Waals surface area contributed by atoms with E-state index in [9.17, 15) is 0 Å². The molecule has 2 unspecified atom stereocenters. The van der Waals surface area contributed by atoms with E-state index in [4.69, 9.17) is 9.15 Å². The van der Waals surface area contributed by atoms with Gasteiger partial charge in [0.15, 0.2) is 0 Å². The SMILES string of the molecule is CC(CCc1ccco1)NC1CCOC2(CCCCC2)C1. The monoisotopic (exact) mass is 291 g/mol. The Labute approximate surface area is 128 Å². The van der Waals surface area contributed by atoms with Crippen molar-refractivity contribution in [2.75, 3.05) is 6.61 Å². The van der Waals surface area contributed by atoms with Gasteiger partial charge in [0.2, 0.25) is 0 Å². The molecule has 1 saturated carbocycles. The largest absolute Gasteiger partial charge is 0.469 e. The van der Waals surface area contributed by atoms with E-state index in [0.717, 1.165) is 31.6 Å². The molecular weight excluding hydrogens is 262 g/mol. The highest BCUT2D eigenvalue weighted by Crippen LogP contribution is 2.38. The first kappa shape index (κ1) is 15.1. The first-order chi connectivity index (χ1) is 10.3. The lowest BCUT2D eigenvalue weighted by molar-refractivity contribution is -0.110. The minimum atomic E-state index is 0.203. The van der Waals surface area contributed by atoms with E-state index < -0.39 is 0 Å². The van der Waals surface area contributed by atoms with Crippen molar-refractivity contribution in [1.29, 1.82) is 0 Å². The molecule has 0 amide bonds. The molecule has 118 valence electrons. The fourth-order valence-electron chi connectivity index (χ4n) is 4.01. The third-order valence-corrected chi connectivity index (χ3v) is 5.18. The van der Waals surface area contributed by atoms with E-state index >= 15 is 0 Å². The fraction of sp³-hybridized carbons (Fsp3) is 0.778. The minimum Gasteiger partial charge on any atom is -0.469 e. The molecule has 21 heavy (non-hydrogen) atoms. The third-order valence-electron chi connectivity index (χ3n) is 5.18. The van der Waals surface area contributed by atoms with Gasteiger partial charge >= 0.3 is 0 Å². The van der Waals surface area contributed by atoms with Crippen LogP contribution in [-0.2, 0) is 11.2 Å². The summed E-state index contributed by atoms with van der Waals surface area (Å²) in [6, 6.07) is 5.21. The molecule has 0 aromatic carbocycles. The van der Waals surface area contributed by atoms with Crippen molar-refractivity contribution in [3.63, 3.8) is 0 Å². The van der Waals surface area contributed by atoms with Crippen LogP contribution in [0.2, 0.25) is 0 Å². The zero-order valence-corrected chi connectivity index (χ0v) is 13.3. The Kier molecular flexibility index (Phi) is 5.02. The summed E-state index contributed by atoms with van der Waals surface area (Å²) in [7, 11) is 0. The Balaban J connectivity index is 1.45. The molecule has 0 bridgehead atoms. The molecule has 2 aliphatic rings. The molecule has 1 N–H and O–H groups in total. The highest BCUT2D eigenvalue weighted by atomic mass is 16.5. The maximum absolute atomic E-state index is 6.18. The van der Waals surface area contributed by atoms with Crippen molar-refractivity contribution in [2.45, 2.75) is 82.4 Å². The number of hydrogen-bond donors (Lipinski definition) is 1. The second-order valence-corrected chi connectivity index (χ2v) is 6.97. The Morgan fingerprint density at radius 2 is 2.19 bits per heavy atom. The number of ether oxygens (including phenoxy) is 1. The Morgan fingerprint density at radius 3 is 2.95 bits per heavy atom. The predicted molar refractivity (Wildman–Crippen MR) is 84.4 cm³/mol. The minimum absolute atomic E-state index is 0.203. The molecule has 2 heterocycles. The molecule has 1 aromatic heterocycles. The Bertz CT molecular complexity index is 403. The summed E-state index contributed by atoms with van der Waals surface area (Å²) in [6.45, 7) is 3.23. The van der Waals surface area contributed by atoms with Crippen LogP contribution in [0.3, 0.4) is 0 Å². The Morgan fingerprint density at radius 1 is 1.33 bits per heavy atom. The summed E-state index contributed by atoms with van der Waals surface area (Å²) in [5.74, 6) is 1.10. The second kappa shape index (κ2) is 6.97. The molecular formula is C18H29NO2. The van der Waals surface area contributed by atoms with Gasteiger partial charge in [0.05, 0.1) is 11.9 Å². The predicted octanol–water partition coefficient (Wildman–Crippen LogP) is 4.07. The standard InChI is InChI=1S/C18H29NO2/c1-15(7-8-17-6-5-12-20-17)19-16-9-13-21-18(14-16)10-3-2-4-11-18/h5-6,12,15-16,19H,2-4,7-11,13-14H2,1H3. The van der Waals surface area contributed by atoms with Gasteiger partial charge < -0.3 is 14.5 Å². The molecule has 1 aliphatic carbocycles. The second-order valence-electron chi connectivity index (χ2n) is 6.97. The lowest BCUT2D eigenvalue weighted by Gasteiger charge is -2.44. The number of hydrogen-bond acceptors (Lipinski definition) is 3. The lowest BCUT2D eigenvalue weighted by Crippen LogP contribution is -2.50. The normalized spacial score (nSPS) is 26.8. The first-order valence-electron chi connectivity index (χ1n) is 8.68. The number of aryl methyl sites for hydroxylation is 1. The zero-order chi connectivity index (χ0) is 14.5. The quantitative estimate of drug-likeness (QED) is 0.888. The van der Waals surface area contributed by atoms with Crippen molar-refractivity contribution in [2.24, 2.45) is 0 Å². The van der Waals surface area contributed by atoms with E-state index in [0.29, 0.717) is 12.1 Å². The van der Waals surface area contributed by atoms with E-state index in [1.807, 2.05) is 6.07 Å². The van der Waals surface area contributed by atoms with Gasteiger partial charge in [-0.05, 0) is 51.2 Å². The molecule has 3 heteroatoms. The van der Waals surface area contributed by atoms with Crippen molar-refractivity contribution in [3.8, 4) is 0 Å². The summed E-state index contributed by atoms with van der Waals surface area (Å²) in [5, 5.41) is 3.83. The number of furan rings is 1. The van der Waals surface area contributed by atoms with Gasteiger partial charge in [-0.1, -0.05) is 19.3 Å². The summed E-state index contributed by atoms with van der Waals surface area (Å²) < 4.78 is 11.6. The molecule has 1 saturated heterocycles. The maximum Gasteiger partial charge on any atom is 0.103 e. The molecule has 1 aromatic rings. The first-order valence-corrected chi connectivity index (χ1v) is 8.68. The highest BCUT2D eigenvalue weighted by Gasteiger charge is 2.38. The van der Waals surface area contributed by atoms with Gasteiger partial charge in [-0.15, -0.1) is 0 Å². The van der Waals surface area contributed by atoms with Crippen LogP contribution in [0.1, 0.15) is 64.1 Å². The van der Waals surface area contributed by atoms with Crippen LogP contribution in [0.5, 0.6) is 0 Å². The molecule has 2 fully saturated rings. The maximum atomic E-state index is 6.18. The van der Waals surface area contributed by atoms with Crippen molar-refractivity contribution >= 4 is 0 Å². The topological polar surface area (TPSA) is 34.4 Å². The average molecular weight is 291 g/mol. The lowest BCUT2D eigenvalue weighted by atomic mass is 9.78. The van der Waals surface area contributed by atoms with Gasteiger partial charge in [0.1, 0.15) is 5.76 Å². The van der Waals surface area contributed by atoms with Crippen LogP contribution in [0.15, 0.2) is 22.8 Å². The smallest absolute Gasteiger partial charge is 0.103 e. The van der Waals surface area contributed by atoms with Crippen molar-refractivity contribution < 1.29 is 9.15 Å². The third kappa shape index (κ3) is 4.10. The van der Waals surface area contributed by atoms with Crippen LogP contribution in [0.4, 0.5) is 0 Å². The van der Waals surface area contributed by atoms with Crippen LogP contribution in [-0.4, -0.2) is 24.3 Å².